The molecule has 1 aliphatic heterocycles. The van der Waals surface area contributed by atoms with Gasteiger partial charge in [-0.1, -0.05) is 42.5 Å². The van der Waals surface area contributed by atoms with Gasteiger partial charge in [-0.2, -0.15) is 0 Å². The van der Waals surface area contributed by atoms with Crippen molar-refractivity contribution in [1.82, 2.24) is 14.5 Å². The number of amides is 1. The fourth-order valence-electron chi connectivity index (χ4n) is 4.19. The zero-order valence-corrected chi connectivity index (χ0v) is 19.7. The summed E-state index contributed by atoms with van der Waals surface area (Å²) in [5, 5.41) is 0. The summed E-state index contributed by atoms with van der Waals surface area (Å²) in [5.74, 6) is 0.921. The van der Waals surface area contributed by atoms with E-state index in [9.17, 15) is 13.2 Å². The SMILES string of the molecule is COc1ccccc1-c1nc(CS(C)(=O)=O)c2n1CCN(C(=O)C(OC)c1ccccc1)C2. The van der Waals surface area contributed by atoms with Crippen LogP contribution < -0.4 is 4.74 Å². The van der Waals surface area contributed by atoms with E-state index < -0.39 is 15.9 Å². The molecule has 2 aromatic carbocycles. The van der Waals surface area contributed by atoms with Crippen LogP contribution in [0.4, 0.5) is 0 Å². The predicted octanol–water partition coefficient (Wildman–Crippen LogP) is 2.83. The van der Waals surface area contributed by atoms with Gasteiger partial charge < -0.3 is 18.9 Å². The Kier molecular flexibility index (Phi) is 6.53. The molecule has 0 N–H and O–H groups in total. The highest BCUT2D eigenvalue weighted by atomic mass is 32.2. The first kappa shape index (κ1) is 23.0. The molecular weight excluding hydrogens is 442 g/mol. The van der Waals surface area contributed by atoms with E-state index in [-0.39, 0.29) is 18.2 Å². The number of sulfone groups is 1. The van der Waals surface area contributed by atoms with Crippen LogP contribution in [0.1, 0.15) is 23.1 Å². The van der Waals surface area contributed by atoms with Gasteiger partial charge in [-0.05, 0) is 17.7 Å². The van der Waals surface area contributed by atoms with Gasteiger partial charge in [0, 0.05) is 26.5 Å². The number of carbonyl (C=O) groups excluding carboxylic acids is 1. The molecule has 33 heavy (non-hydrogen) atoms. The minimum absolute atomic E-state index is 0.166. The van der Waals surface area contributed by atoms with Gasteiger partial charge in [0.25, 0.3) is 5.91 Å². The fraction of sp³-hybridized carbons (Fsp3) is 0.333. The molecule has 0 saturated carbocycles. The fourth-order valence-corrected chi connectivity index (χ4v) is 4.92. The first-order chi connectivity index (χ1) is 15.8. The van der Waals surface area contributed by atoms with Crippen molar-refractivity contribution in [3.63, 3.8) is 0 Å². The van der Waals surface area contributed by atoms with Crippen molar-refractivity contribution in [2.24, 2.45) is 0 Å². The largest absolute Gasteiger partial charge is 0.496 e. The third kappa shape index (κ3) is 4.79. The molecule has 4 rings (SSSR count). The average Bonchev–Trinajstić information content (AvgIpc) is 3.16. The lowest BCUT2D eigenvalue weighted by Gasteiger charge is -2.32. The summed E-state index contributed by atoms with van der Waals surface area (Å²) in [6, 6.07) is 16.8. The molecule has 1 aromatic heterocycles. The van der Waals surface area contributed by atoms with Crippen LogP contribution in [0.3, 0.4) is 0 Å². The Hall–Kier alpha value is -3.17. The lowest BCUT2D eigenvalue weighted by Crippen LogP contribution is -2.41. The second-order valence-electron chi connectivity index (χ2n) is 8.04. The van der Waals surface area contributed by atoms with Crippen LogP contribution in [0.25, 0.3) is 11.4 Å². The molecule has 0 aliphatic carbocycles. The predicted molar refractivity (Wildman–Crippen MR) is 124 cm³/mol. The summed E-state index contributed by atoms with van der Waals surface area (Å²) in [5.41, 5.74) is 2.71. The van der Waals surface area contributed by atoms with Gasteiger partial charge in [0.2, 0.25) is 0 Å². The molecule has 1 unspecified atom stereocenters. The number of carbonyl (C=O) groups is 1. The molecule has 0 radical (unpaired) electrons. The molecule has 0 spiro atoms. The number of fused-ring (bicyclic) bond motifs is 1. The van der Waals surface area contributed by atoms with E-state index in [4.69, 9.17) is 14.5 Å². The number of rotatable bonds is 7. The maximum atomic E-state index is 13.3. The smallest absolute Gasteiger partial charge is 0.256 e. The topological polar surface area (TPSA) is 90.7 Å². The normalized spacial score (nSPS) is 14.6. The highest BCUT2D eigenvalue weighted by Gasteiger charge is 2.32. The van der Waals surface area contributed by atoms with E-state index in [0.29, 0.717) is 36.1 Å². The average molecular weight is 470 g/mol. The number of ether oxygens (including phenoxy) is 2. The molecule has 174 valence electrons. The Morgan fingerprint density at radius 2 is 1.76 bits per heavy atom. The summed E-state index contributed by atoms with van der Waals surface area (Å²) in [4.78, 5) is 19.8. The Balaban J connectivity index is 1.73. The quantitative estimate of drug-likeness (QED) is 0.529. The second-order valence-corrected chi connectivity index (χ2v) is 10.2. The second kappa shape index (κ2) is 9.36. The Morgan fingerprint density at radius 1 is 1.06 bits per heavy atom. The van der Waals surface area contributed by atoms with Crippen LogP contribution in [-0.4, -0.2) is 55.8 Å². The lowest BCUT2D eigenvalue weighted by atomic mass is 10.1. The summed E-state index contributed by atoms with van der Waals surface area (Å²) in [7, 11) is -0.231. The van der Waals surface area contributed by atoms with Crippen molar-refractivity contribution >= 4 is 15.7 Å². The number of para-hydroxylation sites is 1. The van der Waals surface area contributed by atoms with E-state index in [0.717, 1.165) is 11.1 Å². The Bertz CT molecular complexity index is 1250. The van der Waals surface area contributed by atoms with Crippen LogP contribution in [0.15, 0.2) is 54.6 Å². The van der Waals surface area contributed by atoms with Crippen molar-refractivity contribution < 1.29 is 22.7 Å². The number of nitrogens with zero attached hydrogens (tertiary/aromatic N) is 3. The number of methoxy groups -OCH3 is 2. The highest BCUT2D eigenvalue weighted by Crippen LogP contribution is 2.33. The van der Waals surface area contributed by atoms with Crippen molar-refractivity contribution in [1.29, 1.82) is 0 Å². The standard InChI is InChI=1S/C24H27N3O5S/c1-31-21-12-8-7-11-18(21)23-25-19(16-33(3,29)30)20-15-26(13-14-27(20)23)24(28)22(32-2)17-9-5-4-6-10-17/h4-12,22H,13-16H2,1-3H3. The molecule has 1 atom stereocenters. The maximum Gasteiger partial charge on any atom is 0.256 e. The van der Waals surface area contributed by atoms with Crippen molar-refractivity contribution in [3.05, 3.63) is 71.5 Å². The van der Waals surface area contributed by atoms with E-state index >= 15 is 0 Å². The monoisotopic (exact) mass is 469 g/mol. The summed E-state index contributed by atoms with van der Waals surface area (Å²) >= 11 is 0. The first-order valence-electron chi connectivity index (χ1n) is 10.6. The number of benzene rings is 2. The third-order valence-corrected chi connectivity index (χ3v) is 6.51. The van der Waals surface area contributed by atoms with Gasteiger partial charge in [-0.25, -0.2) is 13.4 Å². The molecule has 3 aromatic rings. The molecule has 1 aliphatic rings. The van der Waals surface area contributed by atoms with Crippen molar-refractivity contribution in [2.45, 2.75) is 24.9 Å². The summed E-state index contributed by atoms with van der Waals surface area (Å²) < 4.78 is 37.3. The van der Waals surface area contributed by atoms with E-state index in [2.05, 4.69) is 0 Å². The summed E-state index contributed by atoms with van der Waals surface area (Å²) in [6.07, 6.45) is 0.455. The van der Waals surface area contributed by atoms with Crippen LogP contribution in [0, 0.1) is 0 Å². The molecule has 0 bridgehead atoms. The molecular formula is C24H27N3O5S. The Labute approximate surface area is 193 Å². The highest BCUT2D eigenvalue weighted by molar-refractivity contribution is 7.89. The van der Waals surface area contributed by atoms with Crippen molar-refractivity contribution in [2.75, 3.05) is 27.0 Å². The minimum Gasteiger partial charge on any atom is -0.496 e. The van der Waals surface area contributed by atoms with Gasteiger partial charge in [0.05, 0.1) is 36.4 Å². The zero-order chi connectivity index (χ0) is 23.6. The maximum absolute atomic E-state index is 13.3. The van der Waals surface area contributed by atoms with Gasteiger partial charge in [-0.15, -0.1) is 0 Å². The molecule has 0 saturated heterocycles. The number of aromatic nitrogens is 2. The molecule has 8 nitrogen and oxygen atoms in total. The van der Waals surface area contributed by atoms with E-state index in [1.165, 1.54) is 13.4 Å². The van der Waals surface area contributed by atoms with E-state index in [1.807, 2.05) is 59.2 Å². The van der Waals surface area contributed by atoms with Gasteiger partial charge in [0.1, 0.15) is 11.6 Å². The van der Waals surface area contributed by atoms with Crippen molar-refractivity contribution in [3.8, 4) is 17.1 Å². The van der Waals surface area contributed by atoms with Gasteiger partial charge >= 0.3 is 0 Å². The molecule has 9 heteroatoms. The van der Waals surface area contributed by atoms with Crippen LogP contribution in [0.2, 0.25) is 0 Å². The molecule has 0 fully saturated rings. The minimum atomic E-state index is -3.33. The first-order valence-corrected chi connectivity index (χ1v) is 12.6. The van der Waals surface area contributed by atoms with Crippen LogP contribution in [-0.2, 0) is 38.2 Å². The third-order valence-electron chi connectivity index (χ3n) is 5.71. The number of hydrogen-bond acceptors (Lipinski definition) is 6. The molecule has 2 heterocycles. The van der Waals surface area contributed by atoms with Gasteiger partial charge in [0.15, 0.2) is 15.9 Å². The van der Waals surface area contributed by atoms with Crippen LogP contribution in [0.5, 0.6) is 5.75 Å². The number of hydrogen-bond donors (Lipinski definition) is 0. The van der Waals surface area contributed by atoms with Gasteiger partial charge in [-0.3, -0.25) is 4.79 Å². The zero-order valence-electron chi connectivity index (χ0n) is 18.9. The molecule has 1 amide bonds. The Morgan fingerprint density at radius 3 is 2.42 bits per heavy atom. The summed E-state index contributed by atoms with van der Waals surface area (Å²) in [6.45, 7) is 1.18. The van der Waals surface area contributed by atoms with Crippen LogP contribution >= 0.6 is 0 Å². The van der Waals surface area contributed by atoms with E-state index in [1.54, 1.807) is 12.0 Å². The number of imidazole rings is 1. The lowest BCUT2D eigenvalue weighted by molar-refractivity contribution is -0.144.